The number of benzene rings is 2. The Hall–Kier alpha value is -3.24. The number of pyridine rings is 1. The molecule has 2 saturated heterocycles. The minimum absolute atomic E-state index is 0.424. The number of hydrogen-bond donors (Lipinski definition) is 3. The summed E-state index contributed by atoms with van der Waals surface area (Å²) < 4.78 is 20.2. The van der Waals surface area contributed by atoms with E-state index in [0.29, 0.717) is 22.3 Å². The van der Waals surface area contributed by atoms with Crippen LogP contribution in [-0.2, 0) is 17.4 Å². The number of methoxy groups -OCH3 is 1. The van der Waals surface area contributed by atoms with E-state index < -0.39 is 7.14 Å². The Labute approximate surface area is 286 Å². The standard InChI is InChI=1S/C35H46BrN8O2P/c1-6-23-20-30(32(46-3)21-31(23)44-16-12-25(13-17-44)43-18-14-37-15-19-43)41-35-38-22-27(36)34(42-35)40-29-11-10-28-26(33(29)47(4,5)45)9-8-24(7-2)39-28/h8-11,20-22,25,37H,6-7,12-19H2,1-5H3,(H2,38,40,41,42). The molecule has 6 rings (SSSR count). The number of nitrogens with one attached hydrogen (secondary N) is 3. The zero-order valence-corrected chi connectivity index (χ0v) is 30.5. The molecule has 4 heterocycles. The molecule has 0 radical (unpaired) electrons. The van der Waals surface area contributed by atoms with Crippen molar-refractivity contribution in [1.82, 2.24) is 25.2 Å². The topological polar surface area (TPSA) is 108 Å². The van der Waals surface area contributed by atoms with E-state index in [1.807, 2.05) is 24.3 Å². The Bertz CT molecular complexity index is 1780. The summed E-state index contributed by atoms with van der Waals surface area (Å²) in [5, 5.41) is 12.0. The van der Waals surface area contributed by atoms with Crippen LogP contribution in [0.1, 0.15) is 37.9 Å². The van der Waals surface area contributed by atoms with Crippen LogP contribution >= 0.6 is 23.1 Å². The quantitative estimate of drug-likeness (QED) is 0.157. The maximum absolute atomic E-state index is 13.6. The number of rotatable bonds is 10. The second-order valence-corrected chi connectivity index (χ2v) is 16.7. The second kappa shape index (κ2) is 14.5. The fourth-order valence-electron chi connectivity index (χ4n) is 6.85. The van der Waals surface area contributed by atoms with E-state index >= 15 is 0 Å². The number of ether oxygens (including phenoxy) is 1. The number of aromatic nitrogens is 3. The van der Waals surface area contributed by atoms with Crippen molar-refractivity contribution in [3.8, 4) is 5.75 Å². The highest BCUT2D eigenvalue weighted by Gasteiger charge is 2.27. The van der Waals surface area contributed by atoms with Crippen LogP contribution < -0.4 is 30.9 Å². The van der Waals surface area contributed by atoms with Gasteiger partial charge < -0.3 is 30.2 Å². The second-order valence-electron chi connectivity index (χ2n) is 12.7. The van der Waals surface area contributed by atoms with Crippen LogP contribution in [0.5, 0.6) is 5.75 Å². The molecule has 2 aromatic carbocycles. The number of anilines is 5. The number of piperidine rings is 1. The summed E-state index contributed by atoms with van der Waals surface area (Å²) in [6.07, 6.45) is 5.81. The van der Waals surface area contributed by atoms with Crippen molar-refractivity contribution < 1.29 is 9.30 Å². The van der Waals surface area contributed by atoms with Gasteiger partial charge in [-0.2, -0.15) is 4.98 Å². The molecule has 2 aliphatic heterocycles. The zero-order chi connectivity index (χ0) is 33.1. The summed E-state index contributed by atoms with van der Waals surface area (Å²) in [6.45, 7) is 14.4. The monoisotopic (exact) mass is 720 g/mol. The van der Waals surface area contributed by atoms with Gasteiger partial charge in [0.05, 0.1) is 28.5 Å². The fraction of sp³-hybridized carbons (Fsp3) is 0.457. The maximum atomic E-state index is 13.6. The molecule has 0 amide bonds. The first-order valence-electron chi connectivity index (χ1n) is 16.6. The number of hydrogen-bond acceptors (Lipinski definition) is 10. The van der Waals surface area contributed by atoms with Crippen LogP contribution in [0.4, 0.5) is 28.8 Å². The van der Waals surface area contributed by atoms with Crippen LogP contribution in [0.2, 0.25) is 0 Å². The van der Waals surface area contributed by atoms with Crippen molar-refractivity contribution in [2.45, 2.75) is 45.6 Å². The number of piperazine rings is 1. The molecule has 250 valence electrons. The van der Waals surface area contributed by atoms with Gasteiger partial charge in [-0.25, -0.2) is 4.98 Å². The first-order chi connectivity index (χ1) is 22.7. The SMILES string of the molecule is CCc1ccc2c(P(C)(C)=O)c(Nc3nc(Nc4cc(CC)c(N5CCC(N6CCNCC6)CC5)cc4OC)ncc3Br)ccc2n1. The van der Waals surface area contributed by atoms with Crippen LogP contribution in [-0.4, -0.2) is 85.6 Å². The van der Waals surface area contributed by atoms with Gasteiger partial charge in [0.25, 0.3) is 0 Å². The van der Waals surface area contributed by atoms with Gasteiger partial charge in [0.2, 0.25) is 5.95 Å². The van der Waals surface area contributed by atoms with E-state index in [2.05, 4.69) is 72.6 Å². The van der Waals surface area contributed by atoms with Gasteiger partial charge in [0, 0.05) is 79.6 Å². The van der Waals surface area contributed by atoms with Gasteiger partial charge in [0.15, 0.2) is 0 Å². The Kier molecular flexibility index (Phi) is 10.4. The van der Waals surface area contributed by atoms with E-state index in [0.717, 1.165) is 91.1 Å². The van der Waals surface area contributed by atoms with Crippen molar-refractivity contribution in [3.63, 3.8) is 0 Å². The van der Waals surface area contributed by atoms with Crippen molar-refractivity contribution in [2.75, 3.05) is 75.2 Å². The Morgan fingerprint density at radius 1 is 0.979 bits per heavy atom. The highest BCUT2D eigenvalue weighted by atomic mass is 79.9. The average Bonchev–Trinajstić information content (AvgIpc) is 3.09. The minimum atomic E-state index is -2.69. The van der Waals surface area contributed by atoms with E-state index in [4.69, 9.17) is 14.7 Å². The van der Waals surface area contributed by atoms with E-state index in [9.17, 15) is 4.57 Å². The molecule has 0 atom stereocenters. The molecule has 4 aromatic rings. The predicted molar refractivity (Wildman–Crippen MR) is 199 cm³/mol. The lowest BCUT2D eigenvalue weighted by Gasteiger charge is -2.41. The molecule has 2 aliphatic rings. The molecule has 0 saturated carbocycles. The van der Waals surface area contributed by atoms with Gasteiger partial charge in [-0.15, -0.1) is 0 Å². The highest BCUT2D eigenvalue weighted by Crippen LogP contribution is 2.42. The molecule has 3 N–H and O–H groups in total. The lowest BCUT2D eigenvalue weighted by atomic mass is 9.99. The molecule has 10 nitrogen and oxygen atoms in total. The third-order valence-electron chi connectivity index (χ3n) is 9.30. The Balaban J connectivity index is 1.25. The van der Waals surface area contributed by atoms with Crippen LogP contribution in [0, 0.1) is 0 Å². The molecule has 0 bridgehead atoms. The van der Waals surface area contributed by atoms with Crippen LogP contribution in [0.3, 0.4) is 0 Å². The maximum Gasteiger partial charge on any atom is 0.229 e. The third kappa shape index (κ3) is 7.43. The summed E-state index contributed by atoms with van der Waals surface area (Å²) in [7, 11) is -0.990. The minimum Gasteiger partial charge on any atom is -0.494 e. The molecule has 0 aliphatic carbocycles. The smallest absolute Gasteiger partial charge is 0.229 e. The molecular weight excluding hydrogens is 675 g/mol. The molecule has 2 aromatic heterocycles. The summed E-state index contributed by atoms with van der Waals surface area (Å²) in [6, 6.07) is 12.9. The van der Waals surface area contributed by atoms with Gasteiger partial charge >= 0.3 is 0 Å². The summed E-state index contributed by atoms with van der Waals surface area (Å²) in [4.78, 5) is 19.3. The number of halogens is 1. The number of aryl methyl sites for hydroxylation is 2. The number of nitrogens with zero attached hydrogens (tertiary/aromatic N) is 5. The van der Waals surface area contributed by atoms with Gasteiger partial charge in [-0.3, -0.25) is 9.88 Å². The van der Waals surface area contributed by atoms with Crippen molar-refractivity contribution >= 4 is 68.1 Å². The van der Waals surface area contributed by atoms with Crippen LogP contribution in [0.25, 0.3) is 10.9 Å². The lowest BCUT2D eigenvalue weighted by Crippen LogP contribution is -2.52. The third-order valence-corrected chi connectivity index (χ3v) is 11.4. The largest absolute Gasteiger partial charge is 0.494 e. The zero-order valence-electron chi connectivity index (χ0n) is 28.1. The van der Waals surface area contributed by atoms with Crippen molar-refractivity contribution in [2.24, 2.45) is 0 Å². The Morgan fingerprint density at radius 3 is 2.43 bits per heavy atom. The molecule has 12 heteroatoms. The normalized spacial score (nSPS) is 16.4. The first kappa shape index (κ1) is 33.7. The summed E-state index contributed by atoms with van der Waals surface area (Å²) in [5.41, 5.74) is 5.88. The first-order valence-corrected chi connectivity index (χ1v) is 20.0. The fourth-order valence-corrected chi connectivity index (χ4v) is 8.62. The molecule has 47 heavy (non-hydrogen) atoms. The molecular formula is C35H46BrN8O2P. The summed E-state index contributed by atoms with van der Waals surface area (Å²) in [5.74, 6) is 1.73. The lowest BCUT2D eigenvalue weighted by molar-refractivity contribution is 0.150. The number of fused-ring (bicyclic) bond motifs is 1. The van der Waals surface area contributed by atoms with Gasteiger partial charge in [0.1, 0.15) is 18.7 Å². The van der Waals surface area contributed by atoms with Crippen molar-refractivity contribution in [1.29, 1.82) is 0 Å². The van der Waals surface area contributed by atoms with Gasteiger partial charge in [-0.1, -0.05) is 19.9 Å². The average molecular weight is 722 g/mol. The molecule has 2 fully saturated rings. The van der Waals surface area contributed by atoms with E-state index in [1.165, 1.54) is 24.1 Å². The predicted octanol–water partition coefficient (Wildman–Crippen LogP) is 6.53. The molecule has 0 unspecified atom stereocenters. The van der Waals surface area contributed by atoms with E-state index in [1.54, 1.807) is 26.6 Å². The summed E-state index contributed by atoms with van der Waals surface area (Å²) >= 11 is 3.62. The molecule has 0 spiro atoms. The Morgan fingerprint density at radius 2 is 1.74 bits per heavy atom. The van der Waals surface area contributed by atoms with Crippen molar-refractivity contribution in [3.05, 3.63) is 58.3 Å². The van der Waals surface area contributed by atoms with Crippen LogP contribution in [0.15, 0.2) is 47.1 Å². The van der Waals surface area contributed by atoms with E-state index in [-0.39, 0.29) is 0 Å². The highest BCUT2D eigenvalue weighted by molar-refractivity contribution is 9.10. The van der Waals surface area contributed by atoms with Gasteiger partial charge in [-0.05, 0) is 84.8 Å².